The highest BCUT2D eigenvalue weighted by Gasteiger charge is 2.40. The number of hydrogen-bond acceptors (Lipinski definition) is 1. The van der Waals surface area contributed by atoms with Gasteiger partial charge in [-0.2, -0.15) is 0 Å². The predicted octanol–water partition coefficient (Wildman–Crippen LogP) is 4.19. The van der Waals surface area contributed by atoms with Crippen molar-refractivity contribution in [1.29, 1.82) is 0 Å². The van der Waals surface area contributed by atoms with Gasteiger partial charge in [-0.05, 0) is 47.8 Å². The summed E-state index contributed by atoms with van der Waals surface area (Å²) in [4.78, 5) is 0. The van der Waals surface area contributed by atoms with Crippen molar-refractivity contribution in [3.05, 3.63) is 35.6 Å². The molecule has 0 heterocycles. The fourth-order valence-electron chi connectivity index (χ4n) is 3.93. The zero-order chi connectivity index (χ0) is 14.0. The highest BCUT2D eigenvalue weighted by Crippen LogP contribution is 2.46. The van der Waals surface area contributed by atoms with E-state index in [1.54, 1.807) is 6.07 Å². The van der Waals surface area contributed by atoms with Gasteiger partial charge in [-0.1, -0.05) is 45.7 Å². The lowest BCUT2D eigenvalue weighted by Gasteiger charge is -2.45. The van der Waals surface area contributed by atoms with E-state index in [1.165, 1.54) is 31.4 Å². The van der Waals surface area contributed by atoms with Crippen molar-refractivity contribution in [2.75, 3.05) is 0 Å². The molecule has 1 aromatic rings. The van der Waals surface area contributed by atoms with Gasteiger partial charge in [0.05, 0.1) is 6.10 Å². The fourth-order valence-corrected chi connectivity index (χ4v) is 3.93. The van der Waals surface area contributed by atoms with Crippen LogP contribution in [0.3, 0.4) is 0 Å². The Morgan fingerprint density at radius 2 is 2.16 bits per heavy atom. The van der Waals surface area contributed by atoms with Crippen LogP contribution in [0, 0.1) is 23.1 Å². The van der Waals surface area contributed by atoms with Crippen molar-refractivity contribution in [1.82, 2.24) is 0 Å². The molecule has 0 aliphatic heterocycles. The van der Waals surface area contributed by atoms with Crippen molar-refractivity contribution in [2.45, 2.75) is 52.6 Å². The van der Waals surface area contributed by atoms with Gasteiger partial charge in [0.1, 0.15) is 5.82 Å². The zero-order valence-electron chi connectivity index (χ0n) is 12.2. The van der Waals surface area contributed by atoms with Gasteiger partial charge in [-0.25, -0.2) is 4.39 Å². The van der Waals surface area contributed by atoms with Gasteiger partial charge in [-0.15, -0.1) is 0 Å². The van der Waals surface area contributed by atoms with Crippen molar-refractivity contribution in [2.24, 2.45) is 17.3 Å². The summed E-state index contributed by atoms with van der Waals surface area (Å²) in [5.74, 6) is 0.609. The van der Waals surface area contributed by atoms with Crippen molar-refractivity contribution in [3.63, 3.8) is 0 Å². The fraction of sp³-hybridized carbons (Fsp3) is 0.647. The average Bonchev–Trinajstić information content (AvgIpc) is 2.27. The predicted molar refractivity (Wildman–Crippen MR) is 76.4 cm³/mol. The molecule has 0 aromatic heterocycles. The number of halogens is 1. The van der Waals surface area contributed by atoms with Crippen LogP contribution in [-0.2, 0) is 6.42 Å². The first kappa shape index (κ1) is 14.5. The first-order chi connectivity index (χ1) is 8.90. The number of benzene rings is 1. The van der Waals surface area contributed by atoms with E-state index in [0.717, 1.165) is 5.56 Å². The van der Waals surface area contributed by atoms with Gasteiger partial charge in [-0.3, -0.25) is 0 Å². The van der Waals surface area contributed by atoms with E-state index in [2.05, 4.69) is 20.8 Å². The van der Waals surface area contributed by atoms with E-state index in [9.17, 15) is 9.50 Å². The number of aliphatic hydroxyl groups is 1. The largest absolute Gasteiger partial charge is 0.392 e. The first-order valence-corrected chi connectivity index (χ1v) is 7.32. The number of aliphatic hydroxyl groups excluding tert-OH is 1. The molecule has 0 radical (unpaired) electrons. The molecule has 3 atom stereocenters. The minimum Gasteiger partial charge on any atom is -0.392 e. The standard InChI is InChI=1S/C17H25FO/c1-12-6-5-9-17(2,3)16(12)15(19)11-13-7-4-8-14(18)10-13/h4,7-8,10,12,15-16,19H,5-6,9,11H2,1-3H3/t12-,15+,16?/m0/s1. The second-order valence-corrected chi connectivity index (χ2v) is 6.79. The Balaban J connectivity index is 2.11. The second-order valence-electron chi connectivity index (χ2n) is 6.79. The number of hydrogen-bond donors (Lipinski definition) is 1. The van der Waals surface area contributed by atoms with E-state index >= 15 is 0 Å². The summed E-state index contributed by atoms with van der Waals surface area (Å²) in [6, 6.07) is 6.59. The van der Waals surface area contributed by atoms with Gasteiger partial charge < -0.3 is 5.11 Å². The molecule has 1 fully saturated rings. The third-order valence-electron chi connectivity index (χ3n) is 4.74. The molecule has 1 nitrogen and oxygen atoms in total. The Hall–Kier alpha value is -0.890. The van der Waals surface area contributed by atoms with Gasteiger partial charge in [0.25, 0.3) is 0 Å². The van der Waals surface area contributed by atoms with Crippen molar-refractivity contribution >= 4 is 0 Å². The van der Waals surface area contributed by atoms with Gasteiger partial charge in [0.2, 0.25) is 0 Å². The van der Waals surface area contributed by atoms with Crippen LogP contribution in [0.15, 0.2) is 24.3 Å². The molecule has 106 valence electrons. The van der Waals surface area contributed by atoms with Crippen LogP contribution in [0.1, 0.15) is 45.6 Å². The normalized spacial score (nSPS) is 28.1. The Labute approximate surface area is 115 Å². The summed E-state index contributed by atoms with van der Waals surface area (Å²) in [6.07, 6.45) is 3.77. The van der Waals surface area contributed by atoms with Gasteiger partial charge in [0, 0.05) is 0 Å². The van der Waals surface area contributed by atoms with Gasteiger partial charge in [0.15, 0.2) is 0 Å². The molecule has 2 heteroatoms. The van der Waals surface area contributed by atoms with Crippen LogP contribution in [0.25, 0.3) is 0 Å². The molecule has 1 aromatic carbocycles. The SMILES string of the molecule is C[C@H]1CCCC(C)(C)C1[C@H](O)Cc1cccc(F)c1. The minimum absolute atomic E-state index is 0.171. The molecule has 1 aliphatic carbocycles. The van der Waals surface area contributed by atoms with E-state index < -0.39 is 0 Å². The lowest BCUT2D eigenvalue weighted by atomic mass is 9.61. The quantitative estimate of drug-likeness (QED) is 0.868. The third-order valence-corrected chi connectivity index (χ3v) is 4.74. The third kappa shape index (κ3) is 3.36. The van der Waals surface area contributed by atoms with Crippen LogP contribution >= 0.6 is 0 Å². The summed E-state index contributed by atoms with van der Waals surface area (Å²) >= 11 is 0. The molecule has 0 spiro atoms. The van der Waals surface area contributed by atoms with E-state index in [0.29, 0.717) is 18.3 Å². The van der Waals surface area contributed by atoms with Gasteiger partial charge >= 0.3 is 0 Å². The molecule has 2 rings (SSSR count). The van der Waals surface area contributed by atoms with Crippen LogP contribution < -0.4 is 0 Å². The van der Waals surface area contributed by atoms with Crippen LogP contribution in [0.2, 0.25) is 0 Å². The lowest BCUT2D eigenvalue weighted by Crippen LogP contribution is -2.42. The van der Waals surface area contributed by atoms with E-state index in [1.807, 2.05) is 6.07 Å². The topological polar surface area (TPSA) is 20.2 Å². The smallest absolute Gasteiger partial charge is 0.123 e. The molecule has 1 saturated carbocycles. The molecule has 1 aliphatic rings. The van der Waals surface area contributed by atoms with Crippen molar-refractivity contribution in [3.8, 4) is 0 Å². The molecular formula is C17H25FO. The van der Waals surface area contributed by atoms with Crippen LogP contribution in [0.5, 0.6) is 0 Å². The molecule has 1 N–H and O–H groups in total. The van der Waals surface area contributed by atoms with Crippen LogP contribution in [-0.4, -0.2) is 11.2 Å². The Morgan fingerprint density at radius 1 is 1.42 bits per heavy atom. The maximum Gasteiger partial charge on any atom is 0.123 e. The number of rotatable bonds is 3. The Kier molecular flexibility index (Phi) is 4.29. The Morgan fingerprint density at radius 3 is 2.79 bits per heavy atom. The highest BCUT2D eigenvalue weighted by molar-refractivity contribution is 5.17. The summed E-state index contributed by atoms with van der Waals surface area (Å²) < 4.78 is 13.2. The first-order valence-electron chi connectivity index (χ1n) is 7.32. The Bertz CT molecular complexity index is 427. The van der Waals surface area contributed by atoms with E-state index in [4.69, 9.17) is 0 Å². The zero-order valence-corrected chi connectivity index (χ0v) is 12.2. The van der Waals surface area contributed by atoms with Crippen LogP contribution in [0.4, 0.5) is 4.39 Å². The molecule has 0 saturated heterocycles. The highest BCUT2D eigenvalue weighted by atomic mass is 19.1. The molecule has 0 bridgehead atoms. The molecule has 0 amide bonds. The minimum atomic E-state index is -0.382. The summed E-state index contributed by atoms with van der Waals surface area (Å²) in [6.45, 7) is 6.74. The molecule has 19 heavy (non-hydrogen) atoms. The van der Waals surface area contributed by atoms with Crippen molar-refractivity contribution < 1.29 is 9.50 Å². The summed E-state index contributed by atoms with van der Waals surface area (Å²) in [7, 11) is 0. The summed E-state index contributed by atoms with van der Waals surface area (Å²) in [5.41, 5.74) is 1.06. The maximum atomic E-state index is 13.2. The molecular weight excluding hydrogens is 239 g/mol. The average molecular weight is 264 g/mol. The van der Waals surface area contributed by atoms with E-state index in [-0.39, 0.29) is 17.3 Å². The monoisotopic (exact) mass is 264 g/mol. The maximum absolute atomic E-state index is 13.2. The second kappa shape index (κ2) is 5.62. The summed E-state index contributed by atoms with van der Waals surface area (Å²) in [5, 5.41) is 10.6. The lowest BCUT2D eigenvalue weighted by molar-refractivity contribution is -0.0269. The molecule has 1 unspecified atom stereocenters.